The monoisotopic (exact) mass is 483 g/mol. The Labute approximate surface area is 205 Å². The largest absolute Gasteiger partial charge is 0.481 e. The fourth-order valence-electron chi connectivity index (χ4n) is 4.91. The number of aliphatic carboxylic acids is 1. The summed E-state index contributed by atoms with van der Waals surface area (Å²) in [4.78, 5) is 27.3. The summed E-state index contributed by atoms with van der Waals surface area (Å²) >= 11 is 1.71. The van der Waals surface area contributed by atoms with E-state index in [4.69, 9.17) is 14.6 Å². The number of benzene rings is 1. The fourth-order valence-corrected chi connectivity index (χ4v) is 5.81. The van der Waals surface area contributed by atoms with E-state index >= 15 is 0 Å². The molecule has 4 rings (SSSR count). The number of morpholine rings is 1. The zero-order valence-electron chi connectivity index (χ0n) is 19.4. The van der Waals surface area contributed by atoms with E-state index in [2.05, 4.69) is 28.5 Å². The van der Waals surface area contributed by atoms with Crippen molar-refractivity contribution in [1.82, 2.24) is 4.90 Å². The highest BCUT2D eigenvalue weighted by Gasteiger charge is 2.45. The lowest BCUT2D eigenvalue weighted by molar-refractivity contribution is -0.136. The summed E-state index contributed by atoms with van der Waals surface area (Å²) in [5.74, 6) is -0.389. The van der Waals surface area contributed by atoms with Gasteiger partial charge in [0, 0.05) is 36.7 Å². The summed E-state index contributed by atoms with van der Waals surface area (Å²) in [6, 6.07) is 12.4. The van der Waals surface area contributed by atoms with Crippen LogP contribution in [0, 0.1) is 5.92 Å². The van der Waals surface area contributed by atoms with E-state index in [1.165, 1.54) is 10.4 Å². The summed E-state index contributed by atoms with van der Waals surface area (Å²) in [7, 11) is 0. The minimum Gasteiger partial charge on any atom is -0.481 e. The average molecular weight is 484 g/mol. The minimum absolute atomic E-state index is 0.104. The number of hydrogen-bond acceptors (Lipinski definition) is 6. The molecule has 6 nitrogen and oxygen atoms in total. The van der Waals surface area contributed by atoms with Crippen LogP contribution < -0.4 is 0 Å². The number of rotatable bonds is 11. The molecule has 1 aromatic carbocycles. The van der Waals surface area contributed by atoms with Gasteiger partial charge in [0.25, 0.3) is 0 Å². The van der Waals surface area contributed by atoms with Crippen LogP contribution in [0.5, 0.6) is 0 Å². The van der Waals surface area contributed by atoms with Crippen molar-refractivity contribution in [3.05, 3.63) is 59.5 Å². The number of carbonyl (C=O) groups is 2. The molecule has 2 fully saturated rings. The number of carboxylic acid groups (broad SMARTS) is 1. The third-order valence-corrected chi connectivity index (χ3v) is 7.62. The Morgan fingerprint density at radius 1 is 1.18 bits per heavy atom. The van der Waals surface area contributed by atoms with Gasteiger partial charge in [-0.05, 0) is 41.8 Å². The Bertz CT molecular complexity index is 966. The van der Waals surface area contributed by atoms with E-state index in [-0.39, 0.29) is 30.3 Å². The molecule has 0 spiro atoms. The van der Waals surface area contributed by atoms with Crippen LogP contribution in [0.4, 0.5) is 0 Å². The van der Waals surface area contributed by atoms with Gasteiger partial charge in [0.1, 0.15) is 0 Å². The quantitative estimate of drug-likeness (QED) is 0.463. The topological polar surface area (TPSA) is 76.1 Å². The van der Waals surface area contributed by atoms with Crippen molar-refractivity contribution >= 4 is 23.1 Å². The molecule has 1 aliphatic carbocycles. The first-order chi connectivity index (χ1) is 16.6. The lowest BCUT2D eigenvalue weighted by Gasteiger charge is -2.35. The van der Waals surface area contributed by atoms with E-state index in [0.29, 0.717) is 32.7 Å². The van der Waals surface area contributed by atoms with E-state index in [1.54, 1.807) is 11.3 Å². The van der Waals surface area contributed by atoms with Crippen LogP contribution >= 0.6 is 11.3 Å². The molecule has 3 unspecified atom stereocenters. The number of ketones is 1. The molecular weight excluding hydrogens is 450 g/mol. The first-order valence-corrected chi connectivity index (χ1v) is 13.0. The van der Waals surface area contributed by atoms with Crippen molar-refractivity contribution in [2.75, 3.05) is 26.3 Å². The van der Waals surface area contributed by atoms with Crippen LogP contribution in [0.2, 0.25) is 0 Å². The highest BCUT2D eigenvalue weighted by molar-refractivity contribution is 7.13. The van der Waals surface area contributed by atoms with E-state index in [1.807, 2.05) is 30.4 Å². The number of carbonyl (C=O) groups excluding carboxylic acids is 1. The summed E-state index contributed by atoms with van der Waals surface area (Å²) in [6.45, 7) is 3.38. The normalized spacial score (nSPS) is 23.6. The molecule has 1 aromatic heterocycles. The number of thiophene rings is 1. The Morgan fingerprint density at radius 2 is 1.94 bits per heavy atom. The standard InChI is InChI=1S/C27H33NO5S/c29-23-17-24(33-18-20-16-25(34-19-20)21-8-4-3-5-9-21)22(10-6-1-2-7-11-26(30)31)27(23)28-12-14-32-15-13-28/h1-5,8-9,16,19,22,24,27H,6-7,10-15,17-18H2,(H,30,31). The lowest BCUT2D eigenvalue weighted by atomic mass is 9.93. The molecule has 2 heterocycles. The number of ether oxygens (including phenoxy) is 2. The maximum absolute atomic E-state index is 13.1. The van der Waals surface area contributed by atoms with Gasteiger partial charge in [-0.1, -0.05) is 42.5 Å². The van der Waals surface area contributed by atoms with Gasteiger partial charge in [-0.15, -0.1) is 11.3 Å². The molecule has 34 heavy (non-hydrogen) atoms. The summed E-state index contributed by atoms with van der Waals surface area (Å²) in [5, 5.41) is 10.9. The molecule has 2 aliphatic rings. The third kappa shape index (κ3) is 6.63. The maximum Gasteiger partial charge on any atom is 0.303 e. The van der Waals surface area contributed by atoms with E-state index in [9.17, 15) is 9.59 Å². The first-order valence-electron chi connectivity index (χ1n) is 12.1. The fraction of sp³-hybridized carbons (Fsp3) is 0.481. The van der Waals surface area contributed by atoms with Gasteiger partial charge in [0.05, 0.1) is 32.0 Å². The van der Waals surface area contributed by atoms with Gasteiger partial charge < -0.3 is 14.6 Å². The highest BCUT2D eigenvalue weighted by atomic mass is 32.1. The molecule has 0 bridgehead atoms. The molecule has 2 aromatic rings. The van der Waals surface area contributed by atoms with Gasteiger partial charge >= 0.3 is 5.97 Å². The predicted octanol–water partition coefficient (Wildman–Crippen LogP) is 4.79. The molecule has 0 amide bonds. The third-order valence-electron chi connectivity index (χ3n) is 6.59. The molecule has 1 N–H and O–H groups in total. The van der Waals surface area contributed by atoms with Crippen LogP contribution in [0.25, 0.3) is 10.4 Å². The van der Waals surface area contributed by atoms with Gasteiger partial charge in [0.2, 0.25) is 0 Å². The Balaban J connectivity index is 1.39. The Kier molecular flexibility index (Phi) is 9.04. The van der Waals surface area contributed by atoms with Crippen LogP contribution in [-0.4, -0.2) is 60.2 Å². The number of allylic oxidation sites excluding steroid dienone is 2. The second kappa shape index (κ2) is 12.4. The summed E-state index contributed by atoms with van der Waals surface area (Å²) < 4.78 is 11.9. The maximum atomic E-state index is 13.1. The van der Waals surface area contributed by atoms with Crippen LogP contribution in [0.3, 0.4) is 0 Å². The zero-order valence-corrected chi connectivity index (χ0v) is 20.3. The highest BCUT2D eigenvalue weighted by Crippen LogP contribution is 2.35. The van der Waals surface area contributed by atoms with Crippen molar-refractivity contribution < 1.29 is 24.2 Å². The second-order valence-electron chi connectivity index (χ2n) is 8.94. The molecule has 1 aliphatic heterocycles. The predicted molar refractivity (Wildman–Crippen MR) is 133 cm³/mol. The molecular formula is C27H33NO5S. The Hall–Kier alpha value is -2.32. The van der Waals surface area contributed by atoms with Crippen LogP contribution in [0.15, 0.2) is 53.9 Å². The number of hydrogen-bond donors (Lipinski definition) is 1. The summed E-state index contributed by atoms with van der Waals surface area (Å²) in [5.41, 5.74) is 2.34. The van der Waals surface area contributed by atoms with Crippen molar-refractivity contribution in [1.29, 1.82) is 0 Å². The van der Waals surface area contributed by atoms with Crippen molar-refractivity contribution in [2.24, 2.45) is 5.92 Å². The van der Waals surface area contributed by atoms with Gasteiger partial charge in [-0.25, -0.2) is 0 Å². The average Bonchev–Trinajstić information content (AvgIpc) is 3.45. The van der Waals surface area contributed by atoms with E-state index < -0.39 is 5.97 Å². The summed E-state index contributed by atoms with van der Waals surface area (Å²) in [6.07, 6.45) is 6.67. The number of Topliss-reactive ketones (excluding diaryl/α,β-unsaturated/α-hetero) is 1. The van der Waals surface area contributed by atoms with Gasteiger partial charge in [0.15, 0.2) is 5.78 Å². The van der Waals surface area contributed by atoms with Gasteiger partial charge in [-0.2, -0.15) is 0 Å². The van der Waals surface area contributed by atoms with E-state index in [0.717, 1.165) is 31.5 Å². The lowest BCUT2D eigenvalue weighted by Crippen LogP contribution is -2.49. The number of nitrogens with zero attached hydrogens (tertiary/aromatic N) is 1. The van der Waals surface area contributed by atoms with Crippen LogP contribution in [-0.2, 0) is 25.7 Å². The SMILES string of the molecule is O=C(O)CCC=CCCC1C(OCc2csc(-c3ccccc3)c2)CC(=O)C1N1CCOCC1. The Morgan fingerprint density at radius 3 is 2.71 bits per heavy atom. The smallest absolute Gasteiger partial charge is 0.303 e. The molecule has 182 valence electrons. The van der Waals surface area contributed by atoms with Crippen molar-refractivity contribution in [3.8, 4) is 10.4 Å². The van der Waals surface area contributed by atoms with Gasteiger partial charge in [-0.3, -0.25) is 14.5 Å². The number of carboxylic acids is 1. The zero-order chi connectivity index (χ0) is 23.8. The van der Waals surface area contributed by atoms with Crippen molar-refractivity contribution in [2.45, 2.75) is 50.9 Å². The minimum atomic E-state index is -0.782. The molecule has 1 saturated carbocycles. The molecule has 7 heteroatoms. The van der Waals surface area contributed by atoms with Crippen LogP contribution in [0.1, 0.15) is 37.7 Å². The second-order valence-corrected chi connectivity index (χ2v) is 9.85. The van der Waals surface area contributed by atoms with Crippen molar-refractivity contribution in [3.63, 3.8) is 0 Å². The molecule has 1 saturated heterocycles. The molecule has 0 radical (unpaired) electrons. The first kappa shape index (κ1) is 24.8. The molecule has 3 atom stereocenters.